The monoisotopic (exact) mass is 299 g/mol. The van der Waals surface area contributed by atoms with Gasteiger partial charge in [0, 0.05) is 20.3 Å². The average Bonchev–Trinajstić information content (AvgIpc) is 2.33. The molecule has 0 aliphatic carbocycles. The van der Waals surface area contributed by atoms with Crippen LogP contribution < -0.4 is 4.72 Å². The summed E-state index contributed by atoms with van der Waals surface area (Å²) in [6.07, 6.45) is 0.662. The van der Waals surface area contributed by atoms with Crippen LogP contribution in [0.3, 0.4) is 0 Å². The van der Waals surface area contributed by atoms with E-state index in [1.54, 1.807) is 13.2 Å². The van der Waals surface area contributed by atoms with Gasteiger partial charge < -0.3 is 4.74 Å². The lowest BCUT2D eigenvalue weighted by Gasteiger charge is -2.20. The van der Waals surface area contributed by atoms with Crippen LogP contribution in [0, 0.1) is 6.92 Å². The van der Waals surface area contributed by atoms with Crippen LogP contribution in [0.15, 0.2) is 23.1 Å². The van der Waals surface area contributed by atoms with Gasteiger partial charge >= 0.3 is 0 Å². The maximum atomic E-state index is 12.2. The van der Waals surface area contributed by atoms with Gasteiger partial charge in [0.15, 0.2) is 0 Å². The molecule has 0 aromatic heterocycles. The smallest absolute Gasteiger partial charge is 0.240 e. The SMILES string of the molecule is COCCCNS(=O)(=O)c1ccc(C(C)(C)C)cc1C. The third-order valence-corrected chi connectivity index (χ3v) is 4.77. The predicted molar refractivity (Wildman–Crippen MR) is 81.6 cm³/mol. The van der Waals surface area contributed by atoms with E-state index >= 15 is 0 Å². The van der Waals surface area contributed by atoms with Crippen molar-refractivity contribution < 1.29 is 13.2 Å². The fourth-order valence-corrected chi connectivity index (χ4v) is 3.22. The van der Waals surface area contributed by atoms with Crippen molar-refractivity contribution in [2.75, 3.05) is 20.3 Å². The van der Waals surface area contributed by atoms with E-state index < -0.39 is 10.0 Å². The first kappa shape index (κ1) is 17.1. The van der Waals surface area contributed by atoms with Crippen LogP contribution in [-0.4, -0.2) is 28.7 Å². The molecule has 1 N–H and O–H groups in total. The molecule has 0 radical (unpaired) electrons. The molecule has 114 valence electrons. The number of rotatable bonds is 6. The predicted octanol–water partition coefficient (Wildman–Crippen LogP) is 2.61. The molecule has 1 aromatic rings. The minimum atomic E-state index is -3.44. The maximum absolute atomic E-state index is 12.2. The molecule has 1 rings (SSSR count). The summed E-state index contributed by atoms with van der Waals surface area (Å²) in [5.74, 6) is 0. The van der Waals surface area contributed by atoms with Crippen molar-refractivity contribution in [2.45, 2.75) is 44.4 Å². The Kier molecular flexibility index (Phi) is 5.74. The summed E-state index contributed by atoms with van der Waals surface area (Å²) in [5, 5.41) is 0. The number of ether oxygens (including phenoxy) is 1. The first-order valence-corrected chi connectivity index (χ1v) is 8.26. The second-order valence-electron chi connectivity index (χ2n) is 5.97. The zero-order valence-electron chi connectivity index (χ0n) is 13.0. The summed E-state index contributed by atoms with van der Waals surface area (Å²) < 4.78 is 32.0. The normalized spacial score (nSPS) is 12.7. The van der Waals surface area contributed by atoms with E-state index in [2.05, 4.69) is 25.5 Å². The van der Waals surface area contributed by atoms with Crippen molar-refractivity contribution in [3.05, 3.63) is 29.3 Å². The van der Waals surface area contributed by atoms with Crippen LogP contribution in [0.25, 0.3) is 0 Å². The Hall–Kier alpha value is -0.910. The lowest BCUT2D eigenvalue weighted by Crippen LogP contribution is -2.26. The van der Waals surface area contributed by atoms with Crippen LogP contribution >= 0.6 is 0 Å². The summed E-state index contributed by atoms with van der Waals surface area (Å²) in [7, 11) is -1.84. The fraction of sp³-hybridized carbons (Fsp3) is 0.600. The van der Waals surface area contributed by atoms with Gasteiger partial charge in [-0.25, -0.2) is 13.1 Å². The number of sulfonamides is 1. The van der Waals surface area contributed by atoms with Crippen molar-refractivity contribution in [1.29, 1.82) is 0 Å². The number of hydrogen-bond donors (Lipinski definition) is 1. The standard InChI is InChI=1S/C15H25NO3S/c1-12-11-13(15(2,3)4)7-8-14(12)20(17,18)16-9-6-10-19-5/h7-8,11,16H,6,9-10H2,1-5H3. The minimum Gasteiger partial charge on any atom is -0.385 e. The molecule has 0 amide bonds. The van der Waals surface area contributed by atoms with Crippen LogP contribution in [0.4, 0.5) is 0 Å². The van der Waals surface area contributed by atoms with Gasteiger partial charge in [-0.3, -0.25) is 0 Å². The third kappa shape index (κ3) is 4.58. The second-order valence-corrected chi connectivity index (χ2v) is 7.71. The number of hydrogen-bond acceptors (Lipinski definition) is 3. The Morgan fingerprint density at radius 1 is 1.25 bits per heavy atom. The molecular formula is C15H25NO3S. The van der Waals surface area contributed by atoms with E-state index in [-0.39, 0.29) is 5.41 Å². The summed E-state index contributed by atoms with van der Waals surface area (Å²) in [6, 6.07) is 5.52. The van der Waals surface area contributed by atoms with Crippen LogP contribution in [-0.2, 0) is 20.2 Å². The second kappa shape index (κ2) is 6.70. The maximum Gasteiger partial charge on any atom is 0.240 e. The van der Waals surface area contributed by atoms with Crippen LogP contribution in [0.2, 0.25) is 0 Å². The van der Waals surface area contributed by atoms with E-state index in [1.807, 2.05) is 19.1 Å². The highest BCUT2D eigenvalue weighted by molar-refractivity contribution is 7.89. The Morgan fingerprint density at radius 2 is 1.90 bits per heavy atom. The lowest BCUT2D eigenvalue weighted by molar-refractivity contribution is 0.196. The molecule has 5 heteroatoms. The first-order chi connectivity index (χ1) is 9.18. The highest BCUT2D eigenvalue weighted by Crippen LogP contribution is 2.26. The topological polar surface area (TPSA) is 55.4 Å². The summed E-state index contributed by atoms with van der Waals surface area (Å²) in [4.78, 5) is 0.350. The van der Waals surface area contributed by atoms with Gasteiger partial charge in [-0.1, -0.05) is 32.9 Å². The summed E-state index contributed by atoms with van der Waals surface area (Å²) in [5.41, 5.74) is 1.92. The van der Waals surface area contributed by atoms with Crippen LogP contribution in [0.5, 0.6) is 0 Å². The zero-order chi connectivity index (χ0) is 15.4. The van der Waals surface area contributed by atoms with Gasteiger partial charge in [-0.15, -0.1) is 0 Å². The molecule has 1 aromatic carbocycles. The quantitative estimate of drug-likeness (QED) is 0.822. The number of aryl methyl sites for hydroxylation is 1. The molecule has 0 atom stereocenters. The summed E-state index contributed by atoms with van der Waals surface area (Å²) in [6.45, 7) is 9.09. The van der Waals surface area contributed by atoms with Crippen molar-refractivity contribution in [3.63, 3.8) is 0 Å². The first-order valence-electron chi connectivity index (χ1n) is 6.78. The molecule has 0 saturated carbocycles. The Bertz CT molecular complexity index is 545. The molecule has 0 aliphatic rings. The highest BCUT2D eigenvalue weighted by Gasteiger charge is 2.19. The molecule has 0 heterocycles. The van der Waals surface area contributed by atoms with Crippen molar-refractivity contribution in [1.82, 2.24) is 4.72 Å². The third-order valence-electron chi connectivity index (χ3n) is 3.15. The zero-order valence-corrected chi connectivity index (χ0v) is 13.8. The van der Waals surface area contributed by atoms with Crippen molar-refractivity contribution in [2.24, 2.45) is 0 Å². The molecular weight excluding hydrogens is 274 g/mol. The van der Waals surface area contributed by atoms with E-state index in [0.717, 1.165) is 11.1 Å². The minimum absolute atomic E-state index is 0.0128. The molecule has 0 fully saturated rings. The fourth-order valence-electron chi connectivity index (χ4n) is 1.92. The molecule has 0 unspecified atom stereocenters. The number of nitrogens with one attached hydrogen (secondary N) is 1. The van der Waals surface area contributed by atoms with Gasteiger partial charge in [0.25, 0.3) is 0 Å². The molecule has 0 saturated heterocycles. The van der Waals surface area contributed by atoms with E-state index in [1.165, 1.54) is 0 Å². The van der Waals surface area contributed by atoms with Gasteiger partial charge in [-0.05, 0) is 36.0 Å². The largest absolute Gasteiger partial charge is 0.385 e. The van der Waals surface area contributed by atoms with Crippen LogP contribution in [0.1, 0.15) is 38.3 Å². The Balaban J connectivity index is 2.91. The van der Waals surface area contributed by atoms with Gasteiger partial charge in [0.05, 0.1) is 4.90 Å². The van der Waals surface area contributed by atoms with E-state index in [4.69, 9.17) is 4.74 Å². The highest BCUT2D eigenvalue weighted by atomic mass is 32.2. The number of benzene rings is 1. The average molecular weight is 299 g/mol. The van der Waals surface area contributed by atoms with Crippen molar-refractivity contribution >= 4 is 10.0 Å². The Morgan fingerprint density at radius 3 is 2.40 bits per heavy atom. The number of methoxy groups -OCH3 is 1. The molecule has 20 heavy (non-hydrogen) atoms. The van der Waals surface area contributed by atoms with Crippen molar-refractivity contribution in [3.8, 4) is 0 Å². The Labute approximate surface area is 122 Å². The lowest BCUT2D eigenvalue weighted by atomic mass is 9.86. The molecule has 4 nitrogen and oxygen atoms in total. The molecule has 0 bridgehead atoms. The summed E-state index contributed by atoms with van der Waals surface area (Å²) >= 11 is 0. The van der Waals surface area contributed by atoms with Gasteiger partial charge in [0.1, 0.15) is 0 Å². The molecule has 0 aliphatic heterocycles. The van der Waals surface area contributed by atoms with Gasteiger partial charge in [0.2, 0.25) is 10.0 Å². The van der Waals surface area contributed by atoms with E-state index in [0.29, 0.717) is 24.5 Å². The van der Waals surface area contributed by atoms with E-state index in [9.17, 15) is 8.42 Å². The van der Waals surface area contributed by atoms with Gasteiger partial charge in [-0.2, -0.15) is 0 Å². The molecule has 0 spiro atoms.